The molecule has 24 heavy (non-hydrogen) atoms. The van der Waals surface area contributed by atoms with Gasteiger partial charge in [-0.3, -0.25) is 0 Å². The minimum Gasteiger partial charge on any atom is -0.352 e. The second-order valence-electron chi connectivity index (χ2n) is 6.23. The Labute approximate surface area is 140 Å². The second kappa shape index (κ2) is 6.17. The number of piperazine rings is 1. The van der Waals surface area contributed by atoms with E-state index in [1.165, 1.54) is 12.1 Å². The Kier molecular flexibility index (Phi) is 3.86. The Bertz CT molecular complexity index is 863. The molecule has 0 unspecified atom stereocenters. The number of rotatable bonds is 2. The highest BCUT2D eigenvalue weighted by molar-refractivity contribution is 6.00. The molecule has 0 bridgehead atoms. The summed E-state index contributed by atoms with van der Waals surface area (Å²) in [7, 11) is 0. The number of nitrogens with one attached hydrogen (secondary N) is 1. The van der Waals surface area contributed by atoms with Gasteiger partial charge in [-0.2, -0.15) is 0 Å². The predicted molar refractivity (Wildman–Crippen MR) is 94.6 cm³/mol. The van der Waals surface area contributed by atoms with E-state index in [9.17, 15) is 4.39 Å². The van der Waals surface area contributed by atoms with Crippen LogP contribution in [0.25, 0.3) is 22.0 Å². The van der Waals surface area contributed by atoms with Gasteiger partial charge in [0.15, 0.2) is 5.82 Å². The van der Waals surface area contributed by atoms with E-state index in [2.05, 4.69) is 39.5 Å². The largest absolute Gasteiger partial charge is 0.352 e. The highest BCUT2D eigenvalue weighted by Gasteiger charge is 2.20. The molecule has 4 rings (SSSR count). The fourth-order valence-corrected chi connectivity index (χ4v) is 3.27. The van der Waals surface area contributed by atoms with Crippen molar-refractivity contribution in [3.05, 3.63) is 54.3 Å². The maximum Gasteiger partial charge on any atom is 0.159 e. The van der Waals surface area contributed by atoms with Crippen molar-refractivity contribution >= 4 is 16.6 Å². The van der Waals surface area contributed by atoms with Crippen LogP contribution in [-0.2, 0) is 0 Å². The van der Waals surface area contributed by atoms with Gasteiger partial charge < -0.3 is 10.2 Å². The smallest absolute Gasteiger partial charge is 0.159 e. The molecule has 0 amide bonds. The predicted octanol–water partition coefficient (Wildman–Crippen LogP) is 3.23. The first-order valence-electron chi connectivity index (χ1n) is 8.22. The maximum atomic E-state index is 13.2. The molecular formula is C19H19FN4. The summed E-state index contributed by atoms with van der Waals surface area (Å²) >= 11 is 0. The van der Waals surface area contributed by atoms with Crippen molar-refractivity contribution in [1.82, 2.24) is 15.5 Å². The van der Waals surface area contributed by atoms with Crippen molar-refractivity contribution in [2.24, 2.45) is 0 Å². The first-order valence-corrected chi connectivity index (χ1v) is 8.22. The lowest BCUT2D eigenvalue weighted by molar-refractivity contribution is 0.482. The first kappa shape index (κ1) is 15.0. The van der Waals surface area contributed by atoms with Gasteiger partial charge in [-0.05, 0) is 31.2 Å². The lowest BCUT2D eigenvalue weighted by Crippen LogP contribution is -2.49. The lowest BCUT2D eigenvalue weighted by atomic mass is 10.0. The van der Waals surface area contributed by atoms with Gasteiger partial charge >= 0.3 is 0 Å². The molecule has 0 aliphatic carbocycles. The van der Waals surface area contributed by atoms with Crippen LogP contribution in [0.2, 0.25) is 0 Å². The molecule has 2 aromatic carbocycles. The lowest BCUT2D eigenvalue weighted by Gasteiger charge is -2.33. The molecule has 5 heteroatoms. The standard InChI is InChI=1S/C19H19FN4/c1-13-12-24(11-10-21-13)19-17-5-3-2-4-16(17)18(22-23-19)14-6-8-15(20)9-7-14/h2-9,13,21H,10-12H2,1H3/t13-/m1/s1. The molecule has 3 aromatic rings. The third kappa shape index (κ3) is 2.71. The quantitative estimate of drug-likeness (QED) is 0.786. The number of aromatic nitrogens is 2. The molecule has 122 valence electrons. The second-order valence-corrected chi connectivity index (χ2v) is 6.23. The highest BCUT2D eigenvalue weighted by atomic mass is 19.1. The number of halogens is 1. The van der Waals surface area contributed by atoms with Crippen molar-refractivity contribution in [2.75, 3.05) is 24.5 Å². The minimum absolute atomic E-state index is 0.248. The molecule has 1 N–H and O–H groups in total. The van der Waals surface area contributed by atoms with Crippen LogP contribution in [0.4, 0.5) is 10.2 Å². The Morgan fingerprint density at radius 3 is 2.54 bits per heavy atom. The summed E-state index contributed by atoms with van der Waals surface area (Å²) in [6, 6.07) is 15.0. The molecule has 0 saturated carbocycles. The third-order valence-corrected chi connectivity index (χ3v) is 4.45. The molecule has 4 nitrogen and oxygen atoms in total. The monoisotopic (exact) mass is 322 g/mol. The SMILES string of the molecule is C[C@@H]1CN(c2nnc(-c3ccc(F)cc3)c3ccccc23)CCN1. The zero-order valence-corrected chi connectivity index (χ0v) is 13.5. The highest BCUT2D eigenvalue weighted by Crippen LogP contribution is 2.31. The molecule has 1 saturated heterocycles. The van der Waals surface area contributed by atoms with E-state index >= 15 is 0 Å². The summed E-state index contributed by atoms with van der Waals surface area (Å²) in [5, 5.41) is 14.6. The molecule has 1 atom stereocenters. The fourth-order valence-electron chi connectivity index (χ4n) is 3.27. The van der Waals surface area contributed by atoms with E-state index in [0.29, 0.717) is 6.04 Å². The molecule has 1 fully saturated rings. The zero-order chi connectivity index (χ0) is 16.5. The van der Waals surface area contributed by atoms with Crippen LogP contribution in [0.15, 0.2) is 48.5 Å². The van der Waals surface area contributed by atoms with Gasteiger partial charge in [0, 0.05) is 42.0 Å². The summed E-state index contributed by atoms with van der Waals surface area (Å²) < 4.78 is 13.2. The van der Waals surface area contributed by atoms with E-state index in [-0.39, 0.29) is 5.82 Å². The summed E-state index contributed by atoms with van der Waals surface area (Å²) in [6.45, 7) is 4.94. The van der Waals surface area contributed by atoms with E-state index < -0.39 is 0 Å². The molecule has 1 aliphatic rings. The van der Waals surface area contributed by atoms with Crippen LogP contribution in [-0.4, -0.2) is 35.9 Å². The number of benzene rings is 2. The van der Waals surface area contributed by atoms with Gasteiger partial charge in [0.05, 0.1) is 0 Å². The van der Waals surface area contributed by atoms with Crippen molar-refractivity contribution < 1.29 is 4.39 Å². The van der Waals surface area contributed by atoms with E-state index in [1.54, 1.807) is 12.1 Å². The molecule has 1 aliphatic heterocycles. The zero-order valence-electron chi connectivity index (χ0n) is 13.5. The van der Waals surface area contributed by atoms with Crippen molar-refractivity contribution in [2.45, 2.75) is 13.0 Å². The Hall–Kier alpha value is -2.53. The molecule has 2 heterocycles. The summed E-state index contributed by atoms with van der Waals surface area (Å²) in [6.07, 6.45) is 0. The van der Waals surface area contributed by atoms with Gasteiger partial charge in [-0.25, -0.2) is 4.39 Å². The van der Waals surface area contributed by atoms with Crippen LogP contribution in [0.3, 0.4) is 0 Å². The van der Waals surface area contributed by atoms with Gasteiger partial charge in [-0.15, -0.1) is 10.2 Å². The number of hydrogen-bond acceptors (Lipinski definition) is 4. The van der Waals surface area contributed by atoms with Crippen molar-refractivity contribution in [3.8, 4) is 11.3 Å². The van der Waals surface area contributed by atoms with Gasteiger partial charge in [0.25, 0.3) is 0 Å². The topological polar surface area (TPSA) is 41.1 Å². The number of hydrogen-bond donors (Lipinski definition) is 1. The normalized spacial score (nSPS) is 18.1. The molecular weight excluding hydrogens is 303 g/mol. The molecule has 0 radical (unpaired) electrons. The van der Waals surface area contributed by atoms with Gasteiger partial charge in [0.2, 0.25) is 0 Å². The van der Waals surface area contributed by atoms with Crippen LogP contribution in [0, 0.1) is 5.82 Å². The Morgan fingerprint density at radius 2 is 1.79 bits per heavy atom. The minimum atomic E-state index is -0.248. The Morgan fingerprint density at radius 1 is 1.04 bits per heavy atom. The summed E-state index contributed by atoms with van der Waals surface area (Å²) in [5.74, 6) is 0.673. The molecule has 1 aromatic heterocycles. The number of fused-ring (bicyclic) bond motifs is 1. The maximum absolute atomic E-state index is 13.2. The van der Waals surface area contributed by atoms with Crippen LogP contribution < -0.4 is 10.2 Å². The van der Waals surface area contributed by atoms with E-state index in [1.807, 2.05) is 12.1 Å². The summed E-state index contributed by atoms with van der Waals surface area (Å²) in [5.41, 5.74) is 1.66. The molecule has 0 spiro atoms. The van der Waals surface area contributed by atoms with Crippen LogP contribution in [0.1, 0.15) is 6.92 Å². The number of nitrogens with zero attached hydrogens (tertiary/aromatic N) is 3. The van der Waals surface area contributed by atoms with Crippen molar-refractivity contribution in [1.29, 1.82) is 0 Å². The summed E-state index contributed by atoms with van der Waals surface area (Å²) in [4.78, 5) is 2.28. The average molecular weight is 322 g/mol. The number of anilines is 1. The van der Waals surface area contributed by atoms with Crippen LogP contribution in [0.5, 0.6) is 0 Å². The van der Waals surface area contributed by atoms with Gasteiger partial charge in [0.1, 0.15) is 11.5 Å². The Balaban J connectivity index is 1.84. The van der Waals surface area contributed by atoms with Crippen molar-refractivity contribution in [3.63, 3.8) is 0 Å². The fraction of sp³-hybridized carbons (Fsp3) is 0.263. The van der Waals surface area contributed by atoms with Crippen LogP contribution >= 0.6 is 0 Å². The van der Waals surface area contributed by atoms with E-state index in [0.717, 1.165) is 47.5 Å². The van der Waals surface area contributed by atoms with E-state index in [4.69, 9.17) is 0 Å². The first-order chi connectivity index (χ1) is 11.7. The third-order valence-electron chi connectivity index (χ3n) is 4.45. The van der Waals surface area contributed by atoms with Gasteiger partial charge in [-0.1, -0.05) is 24.3 Å². The average Bonchev–Trinajstić information content (AvgIpc) is 2.62.